The number of carbonyl (C=O) groups excluding carboxylic acids is 1. The van der Waals surface area contributed by atoms with E-state index in [4.69, 9.17) is 0 Å². The van der Waals surface area contributed by atoms with Gasteiger partial charge >= 0.3 is 0 Å². The number of hydrogen-bond donors (Lipinski definition) is 1. The average Bonchev–Trinajstić information content (AvgIpc) is 3.12. The van der Waals surface area contributed by atoms with Crippen molar-refractivity contribution in [1.82, 2.24) is 15.1 Å². The number of hydrogen-bond acceptors (Lipinski definition) is 3. The van der Waals surface area contributed by atoms with Gasteiger partial charge in [0.2, 0.25) is 0 Å². The number of rotatable bonds is 4. The Labute approximate surface area is 108 Å². The Balaban J connectivity index is 1.60. The zero-order valence-corrected chi connectivity index (χ0v) is 10.8. The molecule has 98 valence electrons. The molecular formula is C14H21N3O. The summed E-state index contributed by atoms with van der Waals surface area (Å²) >= 11 is 0. The first-order valence-electron chi connectivity index (χ1n) is 7.10. The third kappa shape index (κ3) is 2.48. The molecule has 0 bridgehead atoms. The van der Waals surface area contributed by atoms with Crippen molar-refractivity contribution in [2.75, 3.05) is 13.1 Å². The van der Waals surface area contributed by atoms with Crippen LogP contribution in [0.3, 0.4) is 0 Å². The first-order valence-corrected chi connectivity index (χ1v) is 7.10. The van der Waals surface area contributed by atoms with Crippen LogP contribution >= 0.6 is 0 Å². The largest absolute Gasteiger partial charge is 0.316 e. The quantitative estimate of drug-likeness (QED) is 0.881. The molecule has 1 saturated heterocycles. The Morgan fingerprint density at radius 1 is 1.39 bits per heavy atom. The van der Waals surface area contributed by atoms with Crippen molar-refractivity contribution < 1.29 is 4.79 Å². The molecule has 1 aromatic rings. The van der Waals surface area contributed by atoms with Gasteiger partial charge in [-0.1, -0.05) is 12.8 Å². The van der Waals surface area contributed by atoms with Gasteiger partial charge < -0.3 is 5.32 Å². The number of nitrogens with one attached hydrogen (secondary N) is 1. The summed E-state index contributed by atoms with van der Waals surface area (Å²) in [5.74, 6) is 0.554. The maximum absolute atomic E-state index is 12.1. The number of Topliss-reactive ketones (excluding diaryl/α,β-unsaturated/α-hetero) is 1. The zero-order chi connectivity index (χ0) is 12.4. The minimum absolute atomic E-state index is 0.210. The number of carbonyl (C=O) groups is 1. The molecule has 0 radical (unpaired) electrons. The second-order valence-corrected chi connectivity index (χ2v) is 5.56. The van der Waals surface area contributed by atoms with Crippen molar-refractivity contribution in [3.8, 4) is 0 Å². The summed E-state index contributed by atoms with van der Waals surface area (Å²) in [5.41, 5.74) is 0.943. The van der Waals surface area contributed by atoms with E-state index in [0.717, 1.165) is 25.2 Å². The highest BCUT2D eigenvalue weighted by molar-refractivity contribution is 5.83. The van der Waals surface area contributed by atoms with Crippen LogP contribution < -0.4 is 5.32 Å². The molecular weight excluding hydrogens is 226 g/mol. The molecule has 2 aliphatic rings. The molecule has 1 aromatic heterocycles. The number of nitrogens with zero attached hydrogens (tertiary/aromatic N) is 2. The molecule has 4 heteroatoms. The Kier molecular flexibility index (Phi) is 3.46. The second kappa shape index (κ2) is 5.22. The Hall–Kier alpha value is -1.16. The van der Waals surface area contributed by atoms with Gasteiger partial charge in [-0.05, 0) is 31.9 Å². The molecule has 2 fully saturated rings. The van der Waals surface area contributed by atoms with Gasteiger partial charge in [-0.25, -0.2) is 0 Å². The summed E-state index contributed by atoms with van der Waals surface area (Å²) < 4.78 is 2.07. The summed E-state index contributed by atoms with van der Waals surface area (Å²) in [6.45, 7) is 1.83. The van der Waals surface area contributed by atoms with Crippen LogP contribution in [0.15, 0.2) is 12.3 Å². The van der Waals surface area contributed by atoms with E-state index in [1.165, 1.54) is 25.7 Å². The highest BCUT2D eigenvalue weighted by atomic mass is 16.1. The maximum Gasteiger partial charge on any atom is 0.143 e. The molecule has 4 nitrogen and oxygen atoms in total. The molecule has 0 spiro atoms. The van der Waals surface area contributed by atoms with Crippen LogP contribution in [0.2, 0.25) is 0 Å². The normalized spacial score (nSPS) is 24.8. The summed E-state index contributed by atoms with van der Waals surface area (Å²) in [5, 5.41) is 7.82. The van der Waals surface area contributed by atoms with Crippen molar-refractivity contribution in [2.24, 2.45) is 5.92 Å². The lowest BCUT2D eigenvalue weighted by molar-refractivity contribution is -0.121. The van der Waals surface area contributed by atoms with Crippen molar-refractivity contribution >= 4 is 5.78 Å². The topological polar surface area (TPSA) is 46.9 Å². The Bertz CT molecular complexity index is 414. The Morgan fingerprint density at radius 3 is 2.94 bits per heavy atom. The molecule has 3 rings (SSSR count). The fraction of sp³-hybridized carbons (Fsp3) is 0.714. The first-order chi connectivity index (χ1) is 8.83. The standard InChI is InChI=1S/C14H21N3O/c18-14(11-5-7-15-10-11)9-12-6-8-17(16-12)13-3-1-2-4-13/h6,8,11,13,15H,1-5,7,9-10H2. The lowest BCUT2D eigenvalue weighted by Gasteiger charge is -2.09. The third-order valence-corrected chi connectivity index (χ3v) is 4.23. The fourth-order valence-corrected chi connectivity index (χ4v) is 3.10. The van der Waals surface area contributed by atoms with Gasteiger partial charge in [0.05, 0.1) is 18.2 Å². The first kappa shape index (κ1) is 11.9. The van der Waals surface area contributed by atoms with Crippen LogP contribution in [0, 0.1) is 5.92 Å². The van der Waals surface area contributed by atoms with E-state index in [2.05, 4.69) is 15.1 Å². The molecule has 1 unspecified atom stereocenters. The molecule has 18 heavy (non-hydrogen) atoms. The summed E-state index contributed by atoms with van der Waals surface area (Å²) in [7, 11) is 0. The second-order valence-electron chi connectivity index (χ2n) is 5.56. The molecule has 2 heterocycles. The predicted octanol–water partition coefficient (Wildman–Crippen LogP) is 1.72. The lowest BCUT2D eigenvalue weighted by Crippen LogP contribution is -2.20. The maximum atomic E-state index is 12.1. The molecule has 1 aliphatic heterocycles. The van der Waals surface area contributed by atoms with Crippen molar-refractivity contribution in [3.63, 3.8) is 0 Å². The zero-order valence-electron chi connectivity index (χ0n) is 10.8. The number of aromatic nitrogens is 2. The lowest BCUT2D eigenvalue weighted by atomic mass is 10.00. The van der Waals surface area contributed by atoms with Crippen LogP contribution in [0.5, 0.6) is 0 Å². The molecule has 0 aromatic carbocycles. The van der Waals surface area contributed by atoms with Gasteiger partial charge in [0.1, 0.15) is 5.78 Å². The van der Waals surface area contributed by atoms with Crippen molar-refractivity contribution in [2.45, 2.75) is 44.6 Å². The monoisotopic (exact) mass is 247 g/mol. The molecule has 1 aliphatic carbocycles. The van der Waals surface area contributed by atoms with Crippen molar-refractivity contribution in [3.05, 3.63) is 18.0 Å². The van der Waals surface area contributed by atoms with E-state index in [0.29, 0.717) is 18.2 Å². The van der Waals surface area contributed by atoms with E-state index < -0.39 is 0 Å². The van der Waals surface area contributed by atoms with Crippen LogP contribution in [-0.2, 0) is 11.2 Å². The minimum atomic E-state index is 0.210. The van der Waals surface area contributed by atoms with Gasteiger partial charge in [-0.2, -0.15) is 5.10 Å². The van der Waals surface area contributed by atoms with Crippen molar-refractivity contribution in [1.29, 1.82) is 0 Å². The fourth-order valence-electron chi connectivity index (χ4n) is 3.10. The van der Waals surface area contributed by atoms with Gasteiger partial charge in [0.15, 0.2) is 0 Å². The summed E-state index contributed by atoms with van der Waals surface area (Å²) in [4.78, 5) is 12.1. The SMILES string of the molecule is O=C(Cc1ccn(C2CCCC2)n1)C1CCNC1. The summed E-state index contributed by atoms with van der Waals surface area (Å²) in [6.07, 6.45) is 8.64. The molecule has 0 amide bonds. The van der Waals surface area contributed by atoms with Gasteiger partial charge in [0.25, 0.3) is 0 Å². The highest BCUT2D eigenvalue weighted by Gasteiger charge is 2.23. The van der Waals surface area contributed by atoms with Gasteiger partial charge in [-0.3, -0.25) is 9.48 Å². The predicted molar refractivity (Wildman–Crippen MR) is 69.4 cm³/mol. The minimum Gasteiger partial charge on any atom is -0.316 e. The third-order valence-electron chi connectivity index (χ3n) is 4.23. The molecule has 1 atom stereocenters. The van der Waals surface area contributed by atoms with E-state index in [1.54, 1.807) is 0 Å². The van der Waals surface area contributed by atoms with Gasteiger partial charge in [0, 0.05) is 18.7 Å². The van der Waals surface area contributed by atoms with Crippen LogP contribution in [0.4, 0.5) is 0 Å². The van der Waals surface area contributed by atoms with E-state index in [1.807, 2.05) is 12.3 Å². The van der Waals surface area contributed by atoms with Crippen LogP contribution in [0.1, 0.15) is 43.8 Å². The number of ketones is 1. The highest BCUT2D eigenvalue weighted by Crippen LogP contribution is 2.28. The molecule has 1 N–H and O–H groups in total. The summed E-state index contributed by atoms with van der Waals surface area (Å²) in [6, 6.07) is 2.58. The smallest absolute Gasteiger partial charge is 0.143 e. The van der Waals surface area contributed by atoms with Gasteiger partial charge in [-0.15, -0.1) is 0 Å². The van der Waals surface area contributed by atoms with E-state index in [9.17, 15) is 4.79 Å². The molecule has 1 saturated carbocycles. The van der Waals surface area contributed by atoms with E-state index in [-0.39, 0.29) is 5.92 Å². The van der Waals surface area contributed by atoms with Crippen LogP contribution in [-0.4, -0.2) is 28.7 Å². The van der Waals surface area contributed by atoms with E-state index >= 15 is 0 Å². The Morgan fingerprint density at radius 2 is 2.22 bits per heavy atom. The van der Waals surface area contributed by atoms with Crippen LogP contribution in [0.25, 0.3) is 0 Å². The average molecular weight is 247 g/mol.